The Bertz CT molecular complexity index is 1040. The summed E-state index contributed by atoms with van der Waals surface area (Å²) in [4.78, 5) is 4.85. The number of rotatable bonds is 8. The second-order valence-corrected chi connectivity index (χ2v) is 7.76. The van der Waals surface area contributed by atoms with E-state index in [9.17, 15) is 8.78 Å². The van der Waals surface area contributed by atoms with Crippen LogP contribution < -0.4 is 9.47 Å². The molecule has 0 atom stereocenters. The highest BCUT2D eigenvalue weighted by Crippen LogP contribution is 2.34. The van der Waals surface area contributed by atoms with Crippen LogP contribution in [0.2, 0.25) is 0 Å². The Morgan fingerprint density at radius 2 is 1.61 bits per heavy atom. The van der Waals surface area contributed by atoms with Crippen LogP contribution in [0, 0.1) is 18.6 Å². The summed E-state index contributed by atoms with van der Waals surface area (Å²) in [7, 11) is 0. The molecule has 0 fully saturated rings. The number of halogens is 2. The van der Waals surface area contributed by atoms with Crippen molar-refractivity contribution in [2.24, 2.45) is 0 Å². The van der Waals surface area contributed by atoms with Crippen LogP contribution in [0.5, 0.6) is 11.5 Å². The van der Waals surface area contributed by atoms with E-state index in [1.165, 1.54) is 11.1 Å². The highest BCUT2D eigenvalue weighted by atomic mass is 19.1. The molecule has 0 aliphatic carbocycles. The molecule has 1 aromatic heterocycles. The van der Waals surface area contributed by atoms with Crippen LogP contribution in [0.1, 0.15) is 50.1 Å². The number of nitrogens with zero attached hydrogens (tertiary/aromatic N) is 1. The summed E-state index contributed by atoms with van der Waals surface area (Å²) < 4.78 is 39.2. The fourth-order valence-electron chi connectivity index (χ4n) is 3.64. The minimum Gasteiger partial charge on any atom is -0.490 e. The smallest absolute Gasteiger partial charge is 0.165 e. The van der Waals surface area contributed by atoms with Gasteiger partial charge < -0.3 is 9.47 Å². The molecule has 2 aromatic carbocycles. The predicted octanol–water partition coefficient (Wildman–Crippen LogP) is 6.83. The SMILES string of the molecule is CCc1cccc(CC)c1-c1cc(OC(C)C)c(COc2cc(F)ccc2F)c(C)n1. The second-order valence-electron chi connectivity index (χ2n) is 7.76. The van der Waals surface area contributed by atoms with Crippen LogP contribution in [-0.4, -0.2) is 11.1 Å². The van der Waals surface area contributed by atoms with E-state index in [-0.39, 0.29) is 18.5 Å². The van der Waals surface area contributed by atoms with Crippen molar-refractivity contribution in [3.05, 3.63) is 76.5 Å². The Kier molecular flexibility index (Phi) is 7.26. The van der Waals surface area contributed by atoms with E-state index in [4.69, 9.17) is 14.5 Å². The van der Waals surface area contributed by atoms with Gasteiger partial charge in [-0.25, -0.2) is 8.78 Å². The maximum atomic E-state index is 14.0. The van der Waals surface area contributed by atoms with Gasteiger partial charge >= 0.3 is 0 Å². The van der Waals surface area contributed by atoms with Crippen molar-refractivity contribution in [3.63, 3.8) is 0 Å². The number of benzene rings is 2. The molecular formula is C26H29F2NO2. The van der Waals surface area contributed by atoms with E-state index in [1.807, 2.05) is 26.8 Å². The topological polar surface area (TPSA) is 31.4 Å². The van der Waals surface area contributed by atoms with Crippen molar-refractivity contribution in [1.82, 2.24) is 4.98 Å². The maximum absolute atomic E-state index is 14.0. The normalized spacial score (nSPS) is 11.1. The van der Waals surface area contributed by atoms with Crippen molar-refractivity contribution >= 4 is 0 Å². The van der Waals surface area contributed by atoms with Gasteiger partial charge in [0.15, 0.2) is 11.6 Å². The zero-order valence-corrected chi connectivity index (χ0v) is 18.8. The zero-order chi connectivity index (χ0) is 22.5. The first-order valence-electron chi connectivity index (χ1n) is 10.7. The van der Waals surface area contributed by atoms with Crippen molar-refractivity contribution in [2.45, 2.75) is 60.2 Å². The van der Waals surface area contributed by atoms with Gasteiger partial charge in [0.05, 0.1) is 17.4 Å². The predicted molar refractivity (Wildman–Crippen MR) is 120 cm³/mol. The van der Waals surface area contributed by atoms with Crippen LogP contribution in [0.3, 0.4) is 0 Å². The third kappa shape index (κ3) is 5.22. The lowest BCUT2D eigenvalue weighted by atomic mass is 9.94. The summed E-state index contributed by atoms with van der Waals surface area (Å²) in [6, 6.07) is 11.4. The monoisotopic (exact) mass is 425 g/mol. The van der Waals surface area contributed by atoms with Gasteiger partial charge in [0.1, 0.15) is 18.2 Å². The molecule has 0 bridgehead atoms. The lowest BCUT2D eigenvalue weighted by molar-refractivity contribution is 0.227. The van der Waals surface area contributed by atoms with E-state index in [0.717, 1.165) is 48.0 Å². The first-order chi connectivity index (χ1) is 14.8. The van der Waals surface area contributed by atoms with Gasteiger partial charge in [0, 0.05) is 23.4 Å². The summed E-state index contributed by atoms with van der Waals surface area (Å²) >= 11 is 0. The molecule has 3 rings (SSSR count). The fourth-order valence-corrected chi connectivity index (χ4v) is 3.64. The molecule has 0 saturated heterocycles. The first kappa shape index (κ1) is 22.7. The minimum absolute atomic E-state index is 0.0254. The highest BCUT2D eigenvalue weighted by Gasteiger charge is 2.18. The summed E-state index contributed by atoms with van der Waals surface area (Å²) in [5.41, 5.74) is 5.89. The van der Waals surface area contributed by atoms with E-state index < -0.39 is 11.6 Å². The largest absolute Gasteiger partial charge is 0.490 e. The second kappa shape index (κ2) is 9.90. The number of hydrogen-bond acceptors (Lipinski definition) is 3. The van der Waals surface area contributed by atoms with E-state index in [2.05, 4.69) is 32.0 Å². The van der Waals surface area contributed by atoms with Crippen LogP contribution in [0.25, 0.3) is 11.3 Å². The Morgan fingerprint density at radius 3 is 2.23 bits per heavy atom. The molecule has 0 unspecified atom stereocenters. The third-order valence-electron chi connectivity index (χ3n) is 5.17. The first-order valence-corrected chi connectivity index (χ1v) is 10.7. The van der Waals surface area contributed by atoms with Gasteiger partial charge in [-0.3, -0.25) is 4.98 Å². The van der Waals surface area contributed by atoms with E-state index >= 15 is 0 Å². The van der Waals surface area contributed by atoms with Crippen molar-refractivity contribution in [2.75, 3.05) is 0 Å². The summed E-state index contributed by atoms with van der Waals surface area (Å²) in [6.45, 7) is 10.1. The average molecular weight is 426 g/mol. The van der Waals surface area contributed by atoms with E-state index in [1.54, 1.807) is 0 Å². The van der Waals surface area contributed by atoms with Crippen LogP contribution in [-0.2, 0) is 19.4 Å². The molecule has 0 amide bonds. The molecule has 5 heteroatoms. The van der Waals surface area contributed by atoms with Gasteiger partial charge in [0.2, 0.25) is 0 Å². The molecule has 0 radical (unpaired) electrons. The molecular weight excluding hydrogens is 396 g/mol. The molecule has 0 saturated carbocycles. The lowest BCUT2D eigenvalue weighted by Crippen LogP contribution is -2.12. The molecule has 3 nitrogen and oxygen atoms in total. The zero-order valence-electron chi connectivity index (χ0n) is 18.8. The summed E-state index contributed by atoms with van der Waals surface area (Å²) in [5.74, 6) is -0.659. The Labute approximate surface area is 183 Å². The molecule has 0 N–H and O–H groups in total. The van der Waals surface area contributed by atoms with E-state index in [0.29, 0.717) is 11.3 Å². The van der Waals surface area contributed by atoms with Crippen molar-refractivity contribution in [3.8, 4) is 22.8 Å². The molecule has 0 aliphatic rings. The molecule has 1 heterocycles. The number of pyridine rings is 1. The Balaban J connectivity index is 2.05. The molecule has 31 heavy (non-hydrogen) atoms. The summed E-state index contributed by atoms with van der Waals surface area (Å²) in [6.07, 6.45) is 1.73. The van der Waals surface area contributed by atoms with Crippen LogP contribution in [0.4, 0.5) is 8.78 Å². The summed E-state index contributed by atoms with van der Waals surface area (Å²) in [5, 5.41) is 0. The Hall–Kier alpha value is -2.95. The average Bonchev–Trinajstić information content (AvgIpc) is 2.74. The molecule has 3 aromatic rings. The number of aryl methyl sites for hydroxylation is 3. The standard InChI is InChI=1S/C26H29F2NO2/c1-6-18-9-8-10-19(7-2)26(18)23-14-24(31-16(3)4)21(17(5)29-23)15-30-25-13-20(27)11-12-22(25)28/h8-14,16H,6-7,15H2,1-5H3. The van der Waals surface area contributed by atoms with Crippen LogP contribution in [0.15, 0.2) is 42.5 Å². The molecule has 0 spiro atoms. The number of hydrogen-bond donors (Lipinski definition) is 0. The Morgan fingerprint density at radius 1 is 0.935 bits per heavy atom. The highest BCUT2D eigenvalue weighted by molar-refractivity contribution is 5.70. The minimum atomic E-state index is -0.612. The number of ether oxygens (including phenoxy) is 2. The van der Waals surface area contributed by atoms with Crippen molar-refractivity contribution < 1.29 is 18.3 Å². The quantitative estimate of drug-likeness (QED) is 0.396. The van der Waals surface area contributed by atoms with Crippen molar-refractivity contribution in [1.29, 1.82) is 0 Å². The lowest BCUT2D eigenvalue weighted by Gasteiger charge is -2.20. The van der Waals surface area contributed by atoms with Gasteiger partial charge in [-0.1, -0.05) is 32.0 Å². The fraction of sp³-hybridized carbons (Fsp3) is 0.346. The number of aromatic nitrogens is 1. The van der Waals surface area contributed by atoms with Gasteiger partial charge in [-0.05, 0) is 56.9 Å². The van der Waals surface area contributed by atoms with Crippen LogP contribution >= 0.6 is 0 Å². The molecule has 0 aliphatic heterocycles. The van der Waals surface area contributed by atoms with Gasteiger partial charge in [-0.15, -0.1) is 0 Å². The maximum Gasteiger partial charge on any atom is 0.165 e. The molecule has 164 valence electrons. The third-order valence-corrected chi connectivity index (χ3v) is 5.17. The van der Waals surface area contributed by atoms with Gasteiger partial charge in [0.25, 0.3) is 0 Å². The van der Waals surface area contributed by atoms with Gasteiger partial charge in [-0.2, -0.15) is 0 Å².